The van der Waals surface area contributed by atoms with E-state index >= 15 is 0 Å². The fourth-order valence-corrected chi connectivity index (χ4v) is 2.88. The number of benzene rings is 3. The van der Waals surface area contributed by atoms with Gasteiger partial charge < -0.3 is 10.2 Å². The Balaban J connectivity index is 2.26. The second kappa shape index (κ2) is 5.57. The largest absolute Gasteiger partial charge is 0.504 e. The third-order valence-corrected chi connectivity index (χ3v) is 4.26. The van der Waals surface area contributed by atoms with E-state index < -0.39 is 5.41 Å². The van der Waals surface area contributed by atoms with Crippen LogP contribution in [0.5, 0.6) is 11.5 Å². The van der Waals surface area contributed by atoms with Crippen molar-refractivity contribution in [3.05, 3.63) is 95.6 Å². The second-order valence-electron chi connectivity index (χ2n) is 5.56. The topological polar surface area (TPSA) is 40.5 Å². The molecule has 0 radical (unpaired) electrons. The Morgan fingerprint density at radius 2 is 1.09 bits per heavy atom. The van der Waals surface area contributed by atoms with Gasteiger partial charge in [0.2, 0.25) is 0 Å². The van der Waals surface area contributed by atoms with Crippen molar-refractivity contribution in [2.45, 2.75) is 12.3 Å². The highest BCUT2D eigenvalue weighted by Gasteiger charge is 2.31. The molecule has 0 aromatic heterocycles. The normalized spacial score (nSPS) is 11.3. The van der Waals surface area contributed by atoms with Crippen molar-refractivity contribution in [3.63, 3.8) is 0 Å². The lowest BCUT2D eigenvalue weighted by atomic mass is 9.71. The van der Waals surface area contributed by atoms with E-state index in [1.807, 2.05) is 42.5 Å². The van der Waals surface area contributed by atoms with E-state index in [0.717, 1.165) is 16.7 Å². The first kappa shape index (κ1) is 14.2. The molecule has 0 spiro atoms. The molecule has 2 heteroatoms. The minimum absolute atomic E-state index is 0.101. The molecule has 3 aromatic rings. The monoisotopic (exact) mass is 290 g/mol. The van der Waals surface area contributed by atoms with Crippen molar-refractivity contribution < 1.29 is 10.2 Å². The first-order valence-electron chi connectivity index (χ1n) is 7.26. The molecule has 0 unspecified atom stereocenters. The van der Waals surface area contributed by atoms with Crippen LogP contribution in [0.3, 0.4) is 0 Å². The molecule has 0 bridgehead atoms. The number of phenols is 2. The van der Waals surface area contributed by atoms with Crippen molar-refractivity contribution in [2.24, 2.45) is 0 Å². The summed E-state index contributed by atoms with van der Waals surface area (Å²) < 4.78 is 0. The highest BCUT2D eigenvalue weighted by Crippen LogP contribution is 2.41. The second-order valence-corrected chi connectivity index (χ2v) is 5.56. The number of hydrogen-bond donors (Lipinski definition) is 2. The van der Waals surface area contributed by atoms with Gasteiger partial charge in [-0.25, -0.2) is 0 Å². The van der Waals surface area contributed by atoms with Gasteiger partial charge in [0.15, 0.2) is 11.5 Å². The van der Waals surface area contributed by atoms with E-state index in [1.54, 1.807) is 6.07 Å². The molecular weight excluding hydrogens is 272 g/mol. The Bertz CT molecular complexity index is 725. The zero-order valence-corrected chi connectivity index (χ0v) is 12.4. The third-order valence-electron chi connectivity index (χ3n) is 4.26. The highest BCUT2D eigenvalue weighted by molar-refractivity contribution is 5.53. The van der Waals surface area contributed by atoms with E-state index in [2.05, 4.69) is 31.2 Å². The summed E-state index contributed by atoms with van der Waals surface area (Å²) in [6.07, 6.45) is 0. The summed E-state index contributed by atoms with van der Waals surface area (Å²) in [6, 6.07) is 25.4. The predicted octanol–water partition coefficient (Wildman–Crippen LogP) is 4.45. The van der Waals surface area contributed by atoms with Gasteiger partial charge >= 0.3 is 0 Å². The minimum Gasteiger partial charge on any atom is -0.504 e. The van der Waals surface area contributed by atoms with Crippen molar-refractivity contribution in [2.75, 3.05) is 0 Å². The molecular formula is C20H18O2. The SMILES string of the molecule is CC(c1ccccc1)(c1ccccc1)c1ccc(O)c(O)c1. The molecule has 0 heterocycles. The Labute approximate surface area is 130 Å². The maximum Gasteiger partial charge on any atom is 0.157 e. The summed E-state index contributed by atoms with van der Waals surface area (Å²) in [6.45, 7) is 2.13. The first-order valence-corrected chi connectivity index (χ1v) is 7.26. The molecule has 0 aliphatic rings. The number of aromatic hydroxyl groups is 2. The molecule has 0 saturated heterocycles. The summed E-state index contributed by atoms with van der Waals surface area (Å²) in [5, 5.41) is 19.5. The van der Waals surface area contributed by atoms with Gasteiger partial charge in [-0.15, -0.1) is 0 Å². The zero-order valence-electron chi connectivity index (χ0n) is 12.4. The molecule has 0 atom stereocenters. The maximum atomic E-state index is 9.91. The lowest BCUT2D eigenvalue weighted by Crippen LogP contribution is -2.25. The van der Waals surface area contributed by atoms with Crippen molar-refractivity contribution >= 4 is 0 Å². The lowest BCUT2D eigenvalue weighted by molar-refractivity contribution is 0.402. The third kappa shape index (κ3) is 2.33. The molecule has 0 saturated carbocycles. The van der Waals surface area contributed by atoms with Gasteiger partial charge in [0.1, 0.15) is 0 Å². The maximum absolute atomic E-state index is 9.91. The van der Waals surface area contributed by atoms with Gasteiger partial charge in [0.25, 0.3) is 0 Å². The quantitative estimate of drug-likeness (QED) is 0.552. The van der Waals surface area contributed by atoms with Crippen LogP contribution in [-0.4, -0.2) is 10.2 Å². The summed E-state index contributed by atoms with van der Waals surface area (Å²) in [7, 11) is 0. The van der Waals surface area contributed by atoms with E-state index in [9.17, 15) is 10.2 Å². The molecule has 2 nitrogen and oxygen atoms in total. The first-order chi connectivity index (χ1) is 10.6. The Hall–Kier alpha value is -2.74. The van der Waals surface area contributed by atoms with Crippen molar-refractivity contribution in [3.8, 4) is 11.5 Å². The number of rotatable bonds is 3. The standard InChI is InChI=1S/C20H18O2/c1-20(15-8-4-2-5-9-15,16-10-6-3-7-11-16)17-12-13-18(21)19(22)14-17/h2-14,21-22H,1H3. The van der Waals surface area contributed by atoms with Crippen LogP contribution in [0, 0.1) is 0 Å². The minimum atomic E-state index is -0.409. The van der Waals surface area contributed by atoms with Crippen LogP contribution >= 0.6 is 0 Å². The summed E-state index contributed by atoms with van der Waals surface area (Å²) in [5.74, 6) is -0.206. The van der Waals surface area contributed by atoms with Gasteiger partial charge in [0.05, 0.1) is 0 Å². The van der Waals surface area contributed by atoms with Crippen LogP contribution in [0.2, 0.25) is 0 Å². The van der Waals surface area contributed by atoms with Crippen LogP contribution in [0.15, 0.2) is 78.9 Å². The van der Waals surface area contributed by atoms with Crippen LogP contribution in [0.4, 0.5) is 0 Å². The molecule has 2 N–H and O–H groups in total. The molecule has 3 aromatic carbocycles. The Morgan fingerprint density at radius 3 is 1.55 bits per heavy atom. The van der Waals surface area contributed by atoms with Gasteiger partial charge in [-0.1, -0.05) is 66.7 Å². The van der Waals surface area contributed by atoms with Gasteiger partial charge in [-0.05, 0) is 35.7 Å². The van der Waals surface area contributed by atoms with Gasteiger partial charge in [-0.2, -0.15) is 0 Å². The molecule has 0 fully saturated rings. The fraction of sp³-hybridized carbons (Fsp3) is 0.100. The van der Waals surface area contributed by atoms with E-state index in [-0.39, 0.29) is 11.5 Å². The molecule has 3 rings (SSSR count). The number of phenolic OH excluding ortho intramolecular Hbond substituents is 2. The molecule has 22 heavy (non-hydrogen) atoms. The van der Waals surface area contributed by atoms with Crippen LogP contribution in [0.25, 0.3) is 0 Å². The average molecular weight is 290 g/mol. The lowest BCUT2D eigenvalue weighted by Gasteiger charge is -2.32. The Morgan fingerprint density at radius 1 is 0.591 bits per heavy atom. The van der Waals surface area contributed by atoms with E-state index in [4.69, 9.17) is 0 Å². The summed E-state index contributed by atoms with van der Waals surface area (Å²) in [4.78, 5) is 0. The fourth-order valence-electron chi connectivity index (χ4n) is 2.88. The summed E-state index contributed by atoms with van der Waals surface area (Å²) in [5.41, 5.74) is 2.78. The van der Waals surface area contributed by atoms with Crippen LogP contribution < -0.4 is 0 Å². The van der Waals surface area contributed by atoms with Crippen LogP contribution in [0.1, 0.15) is 23.6 Å². The summed E-state index contributed by atoms with van der Waals surface area (Å²) >= 11 is 0. The molecule has 0 aliphatic heterocycles. The zero-order chi connectivity index (χ0) is 15.6. The molecule has 0 aliphatic carbocycles. The molecule has 110 valence electrons. The van der Waals surface area contributed by atoms with Crippen molar-refractivity contribution in [1.29, 1.82) is 0 Å². The predicted molar refractivity (Wildman–Crippen MR) is 88.2 cm³/mol. The van der Waals surface area contributed by atoms with Crippen molar-refractivity contribution in [1.82, 2.24) is 0 Å². The van der Waals surface area contributed by atoms with Crippen LogP contribution in [-0.2, 0) is 5.41 Å². The molecule has 0 amide bonds. The van der Waals surface area contributed by atoms with E-state index in [1.165, 1.54) is 6.07 Å². The smallest absolute Gasteiger partial charge is 0.157 e. The Kier molecular flexibility index (Phi) is 3.60. The average Bonchev–Trinajstić information content (AvgIpc) is 2.58. The van der Waals surface area contributed by atoms with E-state index in [0.29, 0.717) is 0 Å². The number of hydrogen-bond acceptors (Lipinski definition) is 2. The highest BCUT2D eigenvalue weighted by atomic mass is 16.3. The van der Waals surface area contributed by atoms with Gasteiger partial charge in [-0.3, -0.25) is 0 Å². The van der Waals surface area contributed by atoms with Gasteiger partial charge in [0, 0.05) is 5.41 Å².